The van der Waals surface area contributed by atoms with Crippen LogP contribution in [0.15, 0.2) is 0 Å². The number of carbonyl (C=O) groups is 1. The van der Waals surface area contributed by atoms with Crippen molar-refractivity contribution in [3.8, 4) is 0 Å². The van der Waals surface area contributed by atoms with E-state index < -0.39 is 0 Å². The first-order chi connectivity index (χ1) is 5.76. The normalized spacial score (nSPS) is 9.83. The fraction of sp³-hybridized carbons (Fsp3) is 0.571. The third kappa shape index (κ3) is 2.27. The third-order valence-corrected chi connectivity index (χ3v) is 2.40. The first-order valence-corrected chi connectivity index (χ1v) is 4.46. The van der Waals surface area contributed by atoms with E-state index in [-0.39, 0.29) is 12.4 Å². The van der Waals surface area contributed by atoms with Crippen LogP contribution in [0.2, 0.25) is 0 Å². The number of rotatable bonds is 3. The molecule has 0 aliphatic rings. The van der Waals surface area contributed by atoms with Crippen LogP contribution in [-0.4, -0.2) is 23.3 Å². The number of aryl methyl sites for hydroxylation is 1. The van der Waals surface area contributed by atoms with Crippen LogP contribution >= 0.6 is 11.3 Å². The van der Waals surface area contributed by atoms with E-state index in [2.05, 4.69) is 14.9 Å². The molecule has 0 radical (unpaired) electrons. The summed E-state index contributed by atoms with van der Waals surface area (Å²) in [5.74, 6) is -0.270. The summed E-state index contributed by atoms with van der Waals surface area (Å²) in [6.45, 7) is 2.00. The highest BCUT2D eigenvalue weighted by molar-refractivity contribution is 7.11. The molecule has 1 aromatic heterocycles. The van der Waals surface area contributed by atoms with Gasteiger partial charge in [-0.3, -0.25) is 4.79 Å². The second-order valence-electron chi connectivity index (χ2n) is 2.20. The number of ether oxygens (including phenoxy) is 1. The van der Waals surface area contributed by atoms with Crippen LogP contribution in [0, 0.1) is 0 Å². The predicted octanol–water partition coefficient (Wildman–Crippen LogP) is 0.816. The van der Waals surface area contributed by atoms with E-state index in [9.17, 15) is 4.79 Å². The molecule has 0 saturated carbocycles. The SMILES string of the molecule is CCc1nnc(CC(=O)OC)s1. The predicted molar refractivity (Wildman–Crippen MR) is 45.0 cm³/mol. The van der Waals surface area contributed by atoms with Crippen molar-refractivity contribution in [2.75, 3.05) is 7.11 Å². The van der Waals surface area contributed by atoms with Gasteiger partial charge in [0.15, 0.2) is 0 Å². The van der Waals surface area contributed by atoms with Gasteiger partial charge >= 0.3 is 5.97 Å². The van der Waals surface area contributed by atoms with Crippen LogP contribution < -0.4 is 0 Å². The summed E-state index contributed by atoms with van der Waals surface area (Å²) < 4.78 is 4.50. The summed E-state index contributed by atoms with van der Waals surface area (Å²) in [4.78, 5) is 10.8. The molecule has 12 heavy (non-hydrogen) atoms. The number of hydrogen-bond acceptors (Lipinski definition) is 5. The Hall–Kier alpha value is -0.970. The van der Waals surface area contributed by atoms with Crippen molar-refractivity contribution in [1.29, 1.82) is 0 Å². The number of nitrogens with zero attached hydrogens (tertiary/aromatic N) is 2. The van der Waals surface area contributed by atoms with Gasteiger partial charge in [-0.15, -0.1) is 21.5 Å². The van der Waals surface area contributed by atoms with E-state index in [0.29, 0.717) is 0 Å². The van der Waals surface area contributed by atoms with Gasteiger partial charge in [0, 0.05) is 0 Å². The van der Waals surface area contributed by atoms with Crippen molar-refractivity contribution in [3.05, 3.63) is 10.0 Å². The Labute approximate surface area is 74.6 Å². The summed E-state index contributed by atoms with van der Waals surface area (Å²) in [5, 5.41) is 9.40. The molecular formula is C7H10N2O2S. The maximum atomic E-state index is 10.8. The zero-order chi connectivity index (χ0) is 8.97. The maximum Gasteiger partial charge on any atom is 0.312 e. The Morgan fingerprint density at radius 2 is 2.17 bits per heavy atom. The second-order valence-corrected chi connectivity index (χ2v) is 3.34. The van der Waals surface area contributed by atoms with Gasteiger partial charge < -0.3 is 4.74 Å². The largest absolute Gasteiger partial charge is 0.469 e. The average molecular weight is 186 g/mol. The van der Waals surface area contributed by atoms with Crippen molar-refractivity contribution in [1.82, 2.24) is 10.2 Å². The molecule has 0 aliphatic heterocycles. The van der Waals surface area contributed by atoms with Crippen molar-refractivity contribution in [2.45, 2.75) is 19.8 Å². The van der Waals surface area contributed by atoms with Gasteiger partial charge in [0.1, 0.15) is 10.0 Å². The summed E-state index contributed by atoms with van der Waals surface area (Å²) >= 11 is 1.45. The Balaban J connectivity index is 2.58. The molecule has 1 heterocycles. The Kier molecular flexibility index (Phi) is 3.16. The monoisotopic (exact) mass is 186 g/mol. The number of carbonyl (C=O) groups excluding carboxylic acids is 1. The number of aromatic nitrogens is 2. The molecule has 1 rings (SSSR count). The molecule has 0 atom stereocenters. The molecule has 0 unspecified atom stereocenters. The van der Waals surface area contributed by atoms with E-state index in [1.807, 2.05) is 6.92 Å². The molecule has 5 heteroatoms. The molecule has 0 N–H and O–H groups in total. The minimum atomic E-state index is -0.270. The first-order valence-electron chi connectivity index (χ1n) is 3.64. The molecule has 1 aromatic rings. The van der Waals surface area contributed by atoms with Crippen LogP contribution in [-0.2, 0) is 22.4 Å². The lowest BCUT2D eigenvalue weighted by Crippen LogP contribution is -2.03. The fourth-order valence-corrected chi connectivity index (χ4v) is 1.47. The molecule has 0 bridgehead atoms. The zero-order valence-electron chi connectivity index (χ0n) is 7.03. The summed E-state index contributed by atoms with van der Waals surface area (Å²) in [6, 6.07) is 0. The number of methoxy groups -OCH3 is 1. The minimum absolute atomic E-state index is 0.230. The zero-order valence-corrected chi connectivity index (χ0v) is 7.85. The fourth-order valence-electron chi connectivity index (χ4n) is 0.698. The standard InChI is InChI=1S/C7H10N2O2S/c1-3-5-8-9-6(12-5)4-7(10)11-2/h3-4H2,1-2H3. The molecule has 0 fully saturated rings. The van der Waals surface area contributed by atoms with Crippen molar-refractivity contribution < 1.29 is 9.53 Å². The molecule has 4 nitrogen and oxygen atoms in total. The lowest BCUT2D eigenvalue weighted by molar-refractivity contribution is -0.139. The molecule has 0 amide bonds. The molecule has 0 aliphatic carbocycles. The van der Waals surface area contributed by atoms with Gasteiger partial charge in [-0.05, 0) is 6.42 Å². The second kappa shape index (κ2) is 4.15. The van der Waals surface area contributed by atoms with Crippen molar-refractivity contribution >= 4 is 17.3 Å². The Morgan fingerprint density at radius 3 is 2.67 bits per heavy atom. The van der Waals surface area contributed by atoms with Crippen LogP contribution in [0.3, 0.4) is 0 Å². The smallest absolute Gasteiger partial charge is 0.312 e. The summed E-state index contributed by atoms with van der Waals surface area (Å²) in [6.07, 6.45) is 1.09. The first kappa shape index (κ1) is 9.12. The highest BCUT2D eigenvalue weighted by Gasteiger charge is 2.07. The number of hydrogen-bond donors (Lipinski definition) is 0. The molecular weight excluding hydrogens is 176 g/mol. The average Bonchev–Trinajstić information content (AvgIpc) is 2.52. The summed E-state index contributed by atoms with van der Waals surface area (Å²) in [5.41, 5.74) is 0. The van der Waals surface area contributed by atoms with Crippen LogP contribution in [0.25, 0.3) is 0 Å². The van der Waals surface area contributed by atoms with Crippen LogP contribution in [0.4, 0.5) is 0 Å². The molecule has 0 spiro atoms. The van der Waals surface area contributed by atoms with Gasteiger partial charge in [-0.2, -0.15) is 0 Å². The van der Waals surface area contributed by atoms with Gasteiger partial charge in [0.2, 0.25) is 0 Å². The molecule has 66 valence electrons. The van der Waals surface area contributed by atoms with Gasteiger partial charge in [0.25, 0.3) is 0 Å². The minimum Gasteiger partial charge on any atom is -0.469 e. The lowest BCUT2D eigenvalue weighted by Gasteiger charge is -1.91. The van der Waals surface area contributed by atoms with Gasteiger partial charge in [-0.25, -0.2) is 0 Å². The molecule has 0 aromatic carbocycles. The Morgan fingerprint density at radius 1 is 1.50 bits per heavy atom. The third-order valence-electron chi connectivity index (χ3n) is 1.33. The van der Waals surface area contributed by atoms with E-state index in [4.69, 9.17) is 0 Å². The highest BCUT2D eigenvalue weighted by Crippen LogP contribution is 2.10. The quantitative estimate of drug-likeness (QED) is 0.656. The van der Waals surface area contributed by atoms with Crippen molar-refractivity contribution in [2.24, 2.45) is 0 Å². The van der Waals surface area contributed by atoms with Crippen LogP contribution in [0.5, 0.6) is 0 Å². The topological polar surface area (TPSA) is 52.1 Å². The van der Waals surface area contributed by atoms with E-state index >= 15 is 0 Å². The van der Waals surface area contributed by atoms with E-state index in [0.717, 1.165) is 16.4 Å². The van der Waals surface area contributed by atoms with Gasteiger partial charge in [0.05, 0.1) is 13.5 Å². The van der Waals surface area contributed by atoms with Gasteiger partial charge in [-0.1, -0.05) is 6.92 Å². The van der Waals surface area contributed by atoms with E-state index in [1.165, 1.54) is 18.4 Å². The molecule has 0 saturated heterocycles. The maximum absolute atomic E-state index is 10.8. The van der Waals surface area contributed by atoms with Crippen molar-refractivity contribution in [3.63, 3.8) is 0 Å². The summed E-state index contributed by atoms with van der Waals surface area (Å²) in [7, 11) is 1.37. The number of esters is 1. The lowest BCUT2D eigenvalue weighted by atomic mass is 10.5. The highest BCUT2D eigenvalue weighted by atomic mass is 32.1. The van der Waals surface area contributed by atoms with E-state index in [1.54, 1.807) is 0 Å². The Bertz CT molecular complexity index is 272. The van der Waals surface area contributed by atoms with Crippen LogP contribution in [0.1, 0.15) is 16.9 Å².